The van der Waals surface area contributed by atoms with Crippen molar-refractivity contribution in [2.75, 3.05) is 19.7 Å². The van der Waals surface area contributed by atoms with Crippen molar-refractivity contribution in [3.8, 4) is 0 Å². The Balaban J connectivity index is 2.93. The minimum atomic E-state index is -4.92. The third-order valence-corrected chi connectivity index (χ3v) is 3.34. The molecule has 0 spiro atoms. The van der Waals surface area contributed by atoms with E-state index in [1.807, 2.05) is 6.92 Å². The molecule has 0 unspecified atom stereocenters. The van der Waals surface area contributed by atoms with Crippen LogP contribution in [0.5, 0.6) is 0 Å². The number of rotatable bonds is 5. The molecule has 120 valence electrons. The summed E-state index contributed by atoms with van der Waals surface area (Å²) >= 11 is 0. The zero-order chi connectivity index (χ0) is 16.0. The fraction of sp³-hybridized carbons (Fsp3) is 0.714. The molecule has 21 heavy (non-hydrogen) atoms. The maximum absolute atomic E-state index is 12.5. The van der Waals surface area contributed by atoms with Crippen molar-refractivity contribution in [2.45, 2.75) is 45.7 Å². The van der Waals surface area contributed by atoms with E-state index >= 15 is 0 Å². The Hall–Kier alpha value is -1.53. The summed E-state index contributed by atoms with van der Waals surface area (Å²) in [5.41, 5.74) is 1.01. The Morgan fingerprint density at radius 2 is 1.95 bits per heavy atom. The van der Waals surface area contributed by atoms with Gasteiger partial charge >= 0.3 is 18.1 Å². The van der Waals surface area contributed by atoms with Crippen LogP contribution in [0, 0.1) is 0 Å². The van der Waals surface area contributed by atoms with E-state index in [4.69, 9.17) is 4.74 Å². The van der Waals surface area contributed by atoms with Crippen molar-refractivity contribution in [3.63, 3.8) is 0 Å². The van der Waals surface area contributed by atoms with Gasteiger partial charge < -0.3 is 9.64 Å². The van der Waals surface area contributed by atoms with Gasteiger partial charge in [-0.3, -0.25) is 4.79 Å². The molecule has 4 nitrogen and oxygen atoms in total. The van der Waals surface area contributed by atoms with Crippen molar-refractivity contribution in [1.29, 1.82) is 0 Å². The Kier molecular flexibility index (Phi) is 6.23. The third-order valence-electron chi connectivity index (χ3n) is 3.34. The maximum atomic E-state index is 12.5. The lowest BCUT2D eigenvalue weighted by Crippen LogP contribution is -2.45. The van der Waals surface area contributed by atoms with Gasteiger partial charge in [-0.15, -0.1) is 0 Å². The standard InChI is InChI=1S/C14H20F3NO3/c1-3-5-6-10-7-8-18(13(20)14(15,16)17)9-11(10)12(19)21-4-2/h3-9H2,1-2H3. The molecule has 0 aromatic carbocycles. The van der Waals surface area contributed by atoms with E-state index < -0.39 is 18.1 Å². The second-order valence-electron chi connectivity index (χ2n) is 4.88. The Morgan fingerprint density at radius 3 is 2.48 bits per heavy atom. The molecular weight excluding hydrogens is 287 g/mol. The number of carbonyl (C=O) groups is 2. The highest BCUT2D eigenvalue weighted by atomic mass is 19.4. The number of carbonyl (C=O) groups excluding carboxylic acids is 2. The lowest BCUT2D eigenvalue weighted by atomic mass is 9.95. The molecule has 0 radical (unpaired) electrons. The molecule has 1 heterocycles. The number of amides is 1. The molecule has 1 aliphatic rings. The van der Waals surface area contributed by atoms with E-state index in [2.05, 4.69) is 0 Å². The molecular formula is C14H20F3NO3. The molecule has 1 amide bonds. The summed E-state index contributed by atoms with van der Waals surface area (Å²) in [6.45, 7) is 3.44. The molecule has 0 aromatic rings. The van der Waals surface area contributed by atoms with Gasteiger partial charge in [0.25, 0.3) is 0 Å². The van der Waals surface area contributed by atoms with Gasteiger partial charge in [-0.2, -0.15) is 13.2 Å². The van der Waals surface area contributed by atoms with Crippen LogP contribution in [0.15, 0.2) is 11.1 Å². The van der Waals surface area contributed by atoms with Crippen molar-refractivity contribution >= 4 is 11.9 Å². The summed E-state index contributed by atoms with van der Waals surface area (Å²) in [7, 11) is 0. The lowest BCUT2D eigenvalue weighted by Gasteiger charge is -2.30. The first-order valence-corrected chi connectivity index (χ1v) is 7.05. The highest BCUT2D eigenvalue weighted by Crippen LogP contribution is 2.27. The molecule has 0 atom stereocenters. The van der Waals surface area contributed by atoms with Crippen LogP contribution in [0.4, 0.5) is 13.2 Å². The summed E-state index contributed by atoms with van der Waals surface area (Å²) < 4.78 is 42.3. The Labute approximate surface area is 121 Å². The Morgan fingerprint density at radius 1 is 1.29 bits per heavy atom. The topological polar surface area (TPSA) is 46.6 Å². The first kappa shape index (κ1) is 17.5. The molecule has 1 aliphatic heterocycles. The average molecular weight is 307 g/mol. The predicted molar refractivity (Wildman–Crippen MR) is 70.4 cm³/mol. The number of esters is 1. The zero-order valence-electron chi connectivity index (χ0n) is 12.3. The van der Waals surface area contributed by atoms with Crippen molar-refractivity contribution in [3.05, 3.63) is 11.1 Å². The summed E-state index contributed by atoms with van der Waals surface area (Å²) in [5.74, 6) is -2.53. The summed E-state index contributed by atoms with van der Waals surface area (Å²) in [6, 6.07) is 0. The molecule has 7 heteroatoms. The van der Waals surface area contributed by atoms with Crippen molar-refractivity contribution < 1.29 is 27.5 Å². The van der Waals surface area contributed by atoms with Gasteiger partial charge in [0, 0.05) is 6.54 Å². The van der Waals surface area contributed by atoms with Gasteiger partial charge in [-0.05, 0) is 26.2 Å². The van der Waals surface area contributed by atoms with Crippen LogP contribution >= 0.6 is 0 Å². The van der Waals surface area contributed by atoms with Crippen LogP contribution in [0.25, 0.3) is 0 Å². The summed E-state index contributed by atoms with van der Waals surface area (Å²) in [4.78, 5) is 23.9. The quantitative estimate of drug-likeness (QED) is 0.734. The predicted octanol–water partition coefficient (Wildman–Crippen LogP) is 2.83. The van der Waals surface area contributed by atoms with Crippen LogP contribution in [0.1, 0.15) is 39.5 Å². The normalized spacial score (nSPS) is 16.1. The van der Waals surface area contributed by atoms with Crippen molar-refractivity contribution in [1.82, 2.24) is 4.90 Å². The van der Waals surface area contributed by atoms with Gasteiger partial charge in [0.05, 0.1) is 18.7 Å². The summed E-state index contributed by atoms with van der Waals surface area (Å²) in [5, 5.41) is 0. The number of unbranched alkanes of at least 4 members (excludes halogenated alkanes) is 1. The number of alkyl halides is 3. The first-order chi connectivity index (χ1) is 9.81. The zero-order valence-corrected chi connectivity index (χ0v) is 12.3. The van der Waals surface area contributed by atoms with E-state index in [0.29, 0.717) is 11.3 Å². The highest BCUT2D eigenvalue weighted by Gasteiger charge is 2.44. The van der Waals surface area contributed by atoms with Gasteiger partial charge in [-0.1, -0.05) is 18.9 Å². The van der Waals surface area contributed by atoms with E-state index in [-0.39, 0.29) is 31.7 Å². The van der Waals surface area contributed by atoms with Crippen molar-refractivity contribution in [2.24, 2.45) is 0 Å². The minimum absolute atomic E-state index is 0.0136. The molecule has 0 aliphatic carbocycles. The maximum Gasteiger partial charge on any atom is 0.471 e. The van der Waals surface area contributed by atoms with Crippen LogP contribution in [0.2, 0.25) is 0 Å². The van der Waals surface area contributed by atoms with Gasteiger partial charge in [-0.25, -0.2) is 4.79 Å². The molecule has 0 aromatic heterocycles. The molecule has 1 rings (SSSR count). The molecule has 0 saturated heterocycles. The van der Waals surface area contributed by atoms with Gasteiger partial charge in [0.1, 0.15) is 0 Å². The average Bonchev–Trinajstić information content (AvgIpc) is 2.43. The number of halogens is 3. The third kappa shape index (κ3) is 4.75. The second-order valence-corrected chi connectivity index (χ2v) is 4.88. The number of hydrogen-bond acceptors (Lipinski definition) is 3. The number of nitrogens with zero attached hydrogens (tertiary/aromatic N) is 1. The molecule has 0 fully saturated rings. The first-order valence-electron chi connectivity index (χ1n) is 7.05. The Bertz CT molecular complexity index is 430. The number of ether oxygens (including phenoxy) is 1. The minimum Gasteiger partial charge on any atom is -0.463 e. The number of hydrogen-bond donors (Lipinski definition) is 0. The van der Waals surface area contributed by atoms with E-state index in [1.54, 1.807) is 6.92 Å². The smallest absolute Gasteiger partial charge is 0.463 e. The van der Waals surface area contributed by atoms with Crippen LogP contribution in [0.3, 0.4) is 0 Å². The largest absolute Gasteiger partial charge is 0.471 e. The van der Waals surface area contributed by atoms with Gasteiger partial charge in [0.2, 0.25) is 0 Å². The van der Waals surface area contributed by atoms with Gasteiger partial charge in [0.15, 0.2) is 0 Å². The fourth-order valence-electron chi connectivity index (χ4n) is 2.25. The van der Waals surface area contributed by atoms with E-state index in [1.165, 1.54) is 0 Å². The molecule has 0 N–H and O–H groups in total. The second kappa shape index (κ2) is 7.47. The highest BCUT2D eigenvalue weighted by molar-refractivity contribution is 5.92. The van der Waals surface area contributed by atoms with Crippen LogP contribution in [-0.4, -0.2) is 42.6 Å². The lowest BCUT2D eigenvalue weighted by molar-refractivity contribution is -0.185. The fourth-order valence-corrected chi connectivity index (χ4v) is 2.25. The molecule has 0 bridgehead atoms. The SMILES string of the molecule is CCCCC1=C(C(=O)OCC)CN(C(=O)C(F)(F)F)CC1. The summed E-state index contributed by atoms with van der Waals surface area (Å²) in [6.07, 6.45) is -2.20. The molecule has 0 saturated carbocycles. The van der Waals surface area contributed by atoms with E-state index in [0.717, 1.165) is 18.4 Å². The van der Waals surface area contributed by atoms with Crippen LogP contribution in [-0.2, 0) is 14.3 Å². The van der Waals surface area contributed by atoms with E-state index in [9.17, 15) is 22.8 Å². The monoisotopic (exact) mass is 307 g/mol. The van der Waals surface area contributed by atoms with Crippen LogP contribution < -0.4 is 0 Å².